The molecule has 1 atom stereocenters. The predicted molar refractivity (Wildman–Crippen MR) is 103 cm³/mol. The van der Waals surface area contributed by atoms with Gasteiger partial charge in [-0.1, -0.05) is 12.1 Å². The molecule has 2 amide bonds. The van der Waals surface area contributed by atoms with Crippen molar-refractivity contribution in [2.75, 3.05) is 19.5 Å². The molecule has 0 aromatic heterocycles. The number of hydrogen-bond acceptors (Lipinski definition) is 4. The highest BCUT2D eigenvalue weighted by Gasteiger charge is 2.33. The van der Waals surface area contributed by atoms with Crippen molar-refractivity contribution >= 4 is 17.5 Å². The monoisotopic (exact) mass is 386 g/mol. The first-order valence-electron chi connectivity index (χ1n) is 9.08. The Bertz CT molecular complexity index is 854. The Morgan fingerprint density at radius 2 is 1.93 bits per heavy atom. The molecule has 1 fully saturated rings. The average molecular weight is 386 g/mol. The highest BCUT2D eigenvalue weighted by Crippen LogP contribution is 2.30. The van der Waals surface area contributed by atoms with Crippen molar-refractivity contribution < 1.29 is 23.5 Å². The molecule has 3 rings (SSSR count). The molecule has 1 heterocycles. The molecule has 1 aliphatic heterocycles. The van der Waals surface area contributed by atoms with E-state index in [9.17, 15) is 14.0 Å². The van der Waals surface area contributed by atoms with Gasteiger partial charge in [-0.05, 0) is 42.7 Å². The van der Waals surface area contributed by atoms with Crippen LogP contribution in [-0.4, -0.2) is 37.0 Å². The Hall–Kier alpha value is -3.09. The summed E-state index contributed by atoms with van der Waals surface area (Å²) in [7, 11) is 3.06. The summed E-state index contributed by atoms with van der Waals surface area (Å²) in [5.74, 6) is 0.364. The summed E-state index contributed by atoms with van der Waals surface area (Å²) >= 11 is 0. The second kappa shape index (κ2) is 8.73. The number of nitrogens with one attached hydrogen (secondary N) is 1. The molecule has 1 N–H and O–H groups in total. The first-order chi connectivity index (χ1) is 13.5. The van der Waals surface area contributed by atoms with Crippen LogP contribution in [0.5, 0.6) is 11.5 Å². The summed E-state index contributed by atoms with van der Waals surface area (Å²) in [5, 5.41) is 2.85. The molecule has 2 aromatic carbocycles. The summed E-state index contributed by atoms with van der Waals surface area (Å²) in [6.07, 6.45) is 1.60. The van der Waals surface area contributed by atoms with Crippen molar-refractivity contribution in [3.05, 3.63) is 53.8 Å². The molecule has 2 aromatic rings. The second-order valence-electron chi connectivity index (χ2n) is 6.61. The van der Waals surface area contributed by atoms with Gasteiger partial charge < -0.3 is 19.7 Å². The zero-order valence-electron chi connectivity index (χ0n) is 15.9. The van der Waals surface area contributed by atoms with Crippen molar-refractivity contribution in [2.24, 2.45) is 0 Å². The van der Waals surface area contributed by atoms with E-state index in [1.165, 1.54) is 26.4 Å². The highest BCUT2D eigenvalue weighted by atomic mass is 19.1. The van der Waals surface area contributed by atoms with Crippen molar-refractivity contribution in [1.82, 2.24) is 4.90 Å². The van der Waals surface area contributed by atoms with Crippen LogP contribution in [0.3, 0.4) is 0 Å². The van der Waals surface area contributed by atoms with Gasteiger partial charge in [-0.25, -0.2) is 4.39 Å². The van der Waals surface area contributed by atoms with E-state index < -0.39 is 6.04 Å². The summed E-state index contributed by atoms with van der Waals surface area (Å²) in [6.45, 7) is 0.256. The van der Waals surface area contributed by atoms with Crippen molar-refractivity contribution in [3.63, 3.8) is 0 Å². The Balaban J connectivity index is 1.80. The maximum absolute atomic E-state index is 13.2. The zero-order valence-corrected chi connectivity index (χ0v) is 15.9. The zero-order chi connectivity index (χ0) is 20.1. The summed E-state index contributed by atoms with van der Waals surface area (Å²) in [5.41, 5.74) is 1.25. The fourth-order valence-corrected chi connectivity index (χ4v) is 3.31. The number of rotatable bonds is 6. The van der Waals surface area contributed by atoms with Gasteiger partial charge in [0.05, 0.1) is 19.9 Å². The predicted octanol–water partition coefficient (Wildman–Crippen LogP) is 3.36. The third-order valence-electron chi connectivity index (χ3n) is 4.80. The van der Waals surface area contributed by atoms with E-state index in [1.807, 2.05) is 0 Å². The fraction of sp³-hybridized carbons (Fsp3) is 0.333. The molecule has 0 spiro atoms. The van der Waals surface area contributed by atoms with Crippen LogP contribution in [0, 0.1) is 5.82 Å². The molecule has 0 radical (unpaired) electrons. The van der Waals surface area contributed by atoms with Crippen LogP contribution in [-0.2, 0) is 16.1 Å². The van der Waals surface area contributed by atoms with Crippen LogP contribution in [0.15, 0.2) is 42.5 Å². The van der Waals surface area contributed by atoms with Crippen LogP contribution < -0.4 is 14.8 Å². The van der Waals surface area contributed by atoms with Crippen LogP contribution in [0.1, 0.15) is 24.8 Å². The molecule has 1 aliphatic rings. The minimum Gasteiger partial charge on any atom is -0.497 e. The number of likely N-dealkylation sites (tertiary alicyclic amines) is 1. The Kier molecular flexibility index (Phi) is 6.13. The lowest BCUT2D eigenvalue weighted by Gasteiger charge is -2.34. The van der Waals surface area contributed by atoms with Crippen molar-refractivity contribution in [3.8, 4) is 11.5 Å². The number of ether oxygens (including phenoxy) is 2. The van der Waals surface area contributed by atoms with Crippen LogP contribution in [0.25, 0.3) is 0 Å². The molecule has 0 aliphatic carbocycles. The van der Waals surface area contributed by atoms with Gasteiger partial charge in [0.15, 0.2) is 0 Å². The Labute approximate surface area is 163 Å². The van der Waals surface area contributed by atoms with Crippen LogP contribution in [0.2, 0.25) is 0 Å². The second-order valence-corrected chi connectivity index (χ2v) is 6.61. The standard InChI is InChI=1S/C21H23FN2O4/c1-27-16-10-11-19(28-2)17(12-16)23-21(26)18-4-3-5-20(25)24(18)13-14-6-8-15(22)9-7-14/h6-12,18H,3-5,13H2,1-2H3,(H,23,26). The third-order valence-corrected chi connectivity index (χ3v) is 4.80. The highest BCUT2D eigenvalue weighted by molar-refractivity contribution is 5.98. The number of hydrogen-bond donors (Lipinski definition) is 1. The summed E-state index contributed by atoms with van der Waals surface area (Å²) in [6, 6.07) is 10.4. The normalized spacial score (nSPS) is 16.6. The first kappa shape index (κ1) is 19.7. The quantitative estimate of drug-likeness (QED) is 0.827. The smallest absolute Gasteiger partial charge is 0.247 e. The topological polar surface area (TPSA) is 67.9 Å². The molecule has 0 saturated carbocycles. The SMILES string of the molecule is COc1ccc(OC)c(NC(=O)C2CCCC(=O)N2Cc2ccc(F)cc2)c1. The maximum atomic E-state index is 13.2. The van der Waals surface area contributed by atoms with Crippen LogP contribution >= 0.6 is 0 Å². The van der Waals surface area contributed by atoms with E-state index >= 15 is 0 Å². The maximum Gasteiger partial charge on any atom is 0.247 e. The lowest BCUT2D eigenvalue weighted by molar-refractivity contribution is -0.142. The van der Waals surface area contributed by atoms with Gasteiger partial charge in [0.2, 0.25) is 11.8 Å². The van der Waals surface area contributed by atoms with Gasteiger partial charge in [0.1, 0.15) is 23.4 Å². The van der Waals surface area contributed by atoms with Gasteiger partial charge in [-0.3, -0.25) is 9.59 Å². The van der Waals surface area contributed by atoms with Crippen molar-refractivity contribution in [1.29, 1.82) is 0 Å². The number of methoxy groups -OCH3 is 2. The number of carbonyl (C=O) groups excluding carboxylic acids is 2. The van der Waals surface area contributed by atoms with Gasteiger partial charge in [0.25, 0.3) is 0 Å². The van der Waals surface area contributed by atoms with Gasteiger partial charge in [0, 0.05) is 19.0 Å². The van der Waals surface area contributed by atoms with Gasteiger partial charge in [-0.2, -0.15) is 0 Å². The Morgan fingerprint density at radius 1 is 1.18 bits per heavy atom. The minimum absolute atomic E-state index is 0.0895. The molecule has 0 bridgehead atoms. The number of piperidine rings is 1. The molecule has 28 heavy (non-hydrogen) atoms. The van der Waals surface area contributed by atoms with E-state index in [4.69, 9.17) is 9.47 Å². The molecular formula is C21H23FN2O4. The van der Waals surface area contributed by atoms with E-state index in [-0.39, 0.29) is 24.2 Å². The molecule has 1 unspecified atom stereocenters. The molecule has 6 nitrogen and oxygen atoms in total. The van der Waals surface area contributed by atoms with Crippen LogP contribution in [0.4, 0.5) is 10.1 Å². The van der Waals surface area contributed by atoms with E-state index in [1.54, 1.807) is 35.2 Å². The summed E-state index contributed by atoms with van der Waals surface area (Å²) < 4.78 is 23.7. The minimum atomic E-state index is -0.609. The molecule has 7 heteroatoms. The van der Waals surface area contributed by atoms with Crippen molar-refractivity contribution in [2.45, 2.75) is 31.8 Å². The number of halogens is 1. The van der Waals surface area contributed by atoms with Gasteiger partial charge >= 0.3 is 0 Å². The fourth-order valence-electron chi connectivity index (χ4n) is 3.31. The average Bonchev–Trinajstić information content (AvgIpc) is 2.70. The number of carbonyl (C=O) groups is 2. The largest absolute Gasteiger partial charge is 0.497 e. The Morgan fingerprint density at radius 3 is 2.61 bits per heavy atom. The molecule has 148 valence electrons. The lowest BCUT2D eigenvalue weighted by Crippen LogP contribution is -2.49. The molecule has 1 saturated heterocycles. The lowest BCUT2D eigenvalue weighted by atomic mass is 9.99. The first-order valence-corrected chi connectivity index (χ1v) is 9.08. The molecular weight excluding hydrogens is 363 g/mol. The van der Waals surface area contributed by atoms with E-state index in [2.05, 4.69) is 5.32 Å². The summed E-state index contributed by atoms with van der Waals surface area (Å²) in [4.78, 5) is 27.0. The number of amides is 2. The number of anilines is 1. The number of nitrogens with zero attached hydrogens (tertiary/aromatic N) is 1. The van der Waals surface area contributed by atoms with Gasteiger partial charge in [-0.15, -0.1) is 0 Å². The van der Waals surface area contributed by atoms with E-state index in [0.29, 0.717) is 36.4 Å². The number of benzene rings is 2. The third kappa shape index (κ3) is 4.42. The van der Waals surface area contributed by atoms with E-state index in [0.717, 1.165) is 5.56 Å².